The maximum absolute atomic E-state index is 6.04. The molecule has 0 spiro atoms. The van der Waals surface area contributed by atoms with E-state index in [0.717, 1.165) is 17.2 Å². The second-order valence-electron chi connectivity index (χ2n) is 3.47. The van der Waals surface area contributed by atoms with Gasteiger partial charge in [-0.15, -0.1) is 0 Å². The van der Waals surface area contributed by atoms with Crippen molar-refractivity contribution < 1.29 is 4.42 Å². The SMILES string of the molecule is Cc1ccc(CNc2cccc(Cl)c2Cl)o1. The number of nitrogens with one attached hydrogen (secondary N) is 1. The van der Waals surface area contributed by atoms with Crippen LogP contribution in [-0.4, -0.2) is 0 Å². The minimum absolute atomic E-state index is 0.535. The Morgan fingerprint density at radius 1 is 1.19 bits per heavy atom. The van der Waals surface area contributed by atoms with Crippen LogP contribution in [0.5, 0.6) is 0 Å². The van der Waals surface area contributed by atoms with E-state index in [0.29, 0.717) is 16.6 Å². The summed E-state index contributed by atoms with van der Waals surface area (Å²) in [5.41, 5.74) is 0.809. The van der Waals surface area contributed by atoms with Crippen LogP contribution in [-0.2, 0) is 6.54 Å². The third-order valence-electron chi connectivity index (χ3n) is 2.20. The van der Waals surface area contributed by atoms with Gasteiger partial charge in [-0.3, -0.25) is 0 Å². The molecule has 2 aromatic rings. The average molecular weight is 256 g/mol. The Morgan fingerprint density at radius 3 is 2.69 bits per heavy atom. The first-order chi connectivity index (χ1) is 7.66. The molecule has 1 aromatic carbocycles. The summed E-state index contributed by atoms with van der Waals surface area (Å²) in [4.78, 5) is 0. The van der Waals surface area contributed by atoms with Gasteiger partial charge in [0, 0.05) is 0 Å². The lowest BCUT2D eigenvalue weighted by molar-refractivity contribution is 0.490. The first-order valence-corrected chi connectivity index (χ1v) is 5.65. The summed E-state index contributed by atoms with van der Waals surface area (Å²) in [6, 6.07) is 9.34. The number of aryl methyl sites for hydroxylation is 1. The van der Waals surface area contributed by atoms with Crippen molar-refractivity contribution in [1.29, 1.82) is 0 Å². The van der Waals surface area contributed by atoms with Crippen LogP contribution in [0.15, 0.2) is 34.7 Å². The first-order valence-electron chi connectivity index (χ1n) is 4.90. The quantitative estimate of drug-likeness (QED) is 0.874. The Hall–Kier alpha value is -1.12. The highest BCUT2D eigenvalue weighted by molar-refractivity contribution is 6.43. The zero-order valence-electron chi connectivity index (χ0n) is 8.76. The van der Waals surface area contributed by atoms with Crippen molar-refractivity contribution in [1.82, 2.24) is 0 Å². The van der Waals surface area contributed by atoms with Gasteiger partial charge in [-0.05, 0) is 31.2 Å². The highest BCUT2D eigenvalue weighted by atomic mass is 35.5. The molecule has 2 rings (SSSR count). The van der Waals surface area contributed by atoms with Crippen molar-refractivity contribution in [3.05, 3.63) is 51.9 Å². The molecule has 84 valence electrons. The molecule has 0 radical (unpaired) electrons. The van der Waals surface area contributed by atoms with Crippen LogP contribution in [0.1, 0.15) is 11.5 Å². The largest absolute Gasteiger partial charge is 0.465 e. The molecule has 0 aliphatic carbocycles. The fourth-order valence-electron chi connectivity index (χ4n) is 1.40. The molecule has 4 heteroatoms. The lowest BCUT2D eigenvalue weighted by Gasteiger charge is -2.07. The van der Waals surface area contributed by atoms with Gasteiger partial charge in [-0.1, -0.05) is 29.3 Å². The van der Waals surface area contributed by atoms with Gasteiger partial charge in [0.1, 0.15) is 11.5 Å². The van der Waals surface area contributed by atoms with E-state index in [9.17, 15) is 0 Å². The number of hydrogen-bond acceptors (Lipinski definition) is 2. The molecule has 0 saturated heterocycles. The van der Waals surface area contributed by atoms with Crippen molar-refractivity contribution in [3.8, 4) is 0 Å². The number of halogens is 2. The van der Waals surface area contributed by atoms with Gasteiger partial charge in [-0.25, -0.2) is 0 Å². The van der Waals surface area contributed by atoms with E-state index in [1.165, 1.54) is 0 Å². The van der Waals surface area contributed by atoms with Gasteiger partial charge in [0.05, 0.1) is 22.3 Å². The molecule has 2 nitrogen and oxygen atoms in total. The van der Waals surface area contributed by atoms with Crippen molar-refractivity contribution in [3.63, 3.8) is 0 Å². The van der Waals surface area contributed by atoms with E-state index in [4.69, 9.17) is 27.6 Å². The van der Waals surface area contributed by atoms with Crippen LogP contribution in [0.3, 0.4) is 0 Å². The molecule has 0 saturated carbocycles. The molecule has 1 heterocycles. The van der Waals surface area contributed by atoms with Crippen molar-refractivity contribution in [2.75, 3.05) is 5.32 Å². The number of hydrogen-bond donors (Lipinski definition) is 1. The predicted molar refractivity (Wildman–Crippen MR) is 67.2 cm³/mol. The summed E-state index contributed by atoms with van der Waals surface area (Å²) < 4.78 is 5.44. The highest BCUT2D eigenvalue weighted by Gasteiger charge is 2.04. The topological polar surface area (TPSA) is 25.2 Å². The van der Waals surface area contributed by atoms with E-state index in [1.807, 2.05) is 31.2 Å². The normalized spacial score (nSPS) is 10.4. The lowest BCUT2D eigenvalue weighted by Crippen LogP contribution is -1.98. The highest BCUT2D eigenvalue weighted by Crippen LogP contribution is 2.29. The molecule has 1 N–H and O–H groups in total. The van der Waals surface area contributed by atoms with Gasteiger partial charge in [0.15, 0.2) is 0 Å². The summed E-state index contributed by atoms with van der Waals surface area (Å²) in [5.74, 6) is 1.77. The molecular weight excluding hydrogens is 245 g/mol. The molecule has 0 unspecified atom stereocenters. The van der Waals surface area contributed by atoms with Crippen LogP contribution in [0.4, 0.5) is 5.69 Å². The Kier molecular flexibility index (Phi) is 3.42. The van der Waals surface area contributed by atoms with Crippen LogP contribution < -0.4 is 5.32 Å². The number of benzene rings is 1. The Balaban J connectivity index is 2.07. The van der Waals surface area contributed by atoms with Gasteiger partial charge in [-0.2, -0.15) is 0 Å². The monoisotopic (exact) mass is 255 g/mol. The summed E-state index contributed by atoms with van der Waals surface area (Å²) in [6.45, 7) is 2.50. The molecule has 0 bridgehead atoms. The Labute approximate surface area is 104 Å². The van der Waals surface area contributed by atoms with Gasteiger partial charge in [0.25, 0.3) is 0 Å². The van der Waals surface area contributed by atoms with E-state index in [1.54, 1.807) is 6.07 Å². The summed E-state index contributed by atoms with van der Waals surface area (Å²) in [6.07, 6.45) is 0. The van der Waals surface area contributed by atoms with Gasteiger partial charge in [0.2, 0.25) is 0 Å². The second kappa shape index (κ2) is 4.81. The maximum Gasteiger partial charge on any atom is 0.123 e. The van der Waals surface area contributed by atoms with Gasteiger partial charge < -0.3 is 9.73 Å². The third-order valence-corrected chi connectivity index (χ3v) is 3.02. The first kappa shape index (κ1) is 11.4. The number of anilines is 1. The zero-order chi connectivity index (χ0) is 11.5. The van der Waals surface area contributed by atoms with Crippen molar-refractivity contribution in [2.45, 2.75) is 13.5 Å². The summed E-state index contributed by atoms with van der Waals surface area (Å²) in [5, 5.41) is 4.25. The van der Waals surface area contributed by atoms with E-state index in [2.05, 4.69) is 5.32 Å². The molecule has 0 atom stereocenters. The molecule has 16 heavy (non-hydrogen) atoms. The fraction of sp³-hybridized carbons (Fsp3) is 0.167. The zero-order valence-corrected chi connectivity index (χ0v) is 10.3. The number of rotatable bonds is 3. The van der Waals surface area contributed by atoms with Crippen molar-refractivity contribution >= 4 is 28.9 Å². The van der Waals surface area contributed by atoms with Crippen molar-refractivity contribution in [2.24, 2.45) is 0 Å². The van der Waals surface area contributed by atoms with Crippen LogP contribution in [0, 0.1) is 6.92 Å². The fourth-order valence-corrected chi connectivity index (χ4v) is 1.77. The van der Waals surface area contributed by atoms with Crippen LogP contribution in [0.2, 0.25) is 10.0 Å². The van der Waals surface area contributed by atoms with E-state index < -0.39 is 0 Å². The standard InChI is InChI=1S/C12H11Cl2NO/c1-8-5-6-9(16-8)7-15-11-4-2-3-10(13)12(11)14/h2-6,15H,7H2,1H3. The molecule has 0 aliphatic rings. The van der Waals surface area contributed by atoms with E-state index in [-0.39, 0.29) is 0 Å². The minimum Gasteiger partial charge on any atom is -0.465 e. The Morgan fingerprint density at radius 2 is 2.00 bits per heavy atom. The molecule has 0 fully saturated rings. The van der Waals surface area contributed by atoms with Crippen LogP contribution >= 0.6 is 23.2 Å². The maximum atomic E-state index is 6.04. The molecule has 1 aromatic heterocycles. The third kappa shape index (κ3) is 2.52. The summed E-state index contributed by atoms with van der Waals surface area (Å²) in [7, 11) is 0. The summed E-state index contributed by atoms with van der Waals surface area (Å²) >= 11 is 11.9. The molecule has 0 aliphatic heterocycles. The predicted octanol–water partition coefficient (Wildman–Crippen LogP) is 4.51. The van der Waals surface area contributed by atoms with Crippen LogP contribution in [0.25, 0.3) is 0 Å². The second-order valence-corrected chi connectivity index (χ2v) is 4.25. The Bertz CT molecular complexity index is 494. The molecule has 0 amide bonds. The lowest BCUT2D eigenvalue weighted by atomic mass is 10.3. The van der Waals surface area contributed by atoms with Gasteiger partial charge >= 0.3 is 0 Å². The number of furan rings is 1. The smallest absolute Gasteiger partial charge is 0.123 e. The van der Waals surface area contributed by atoms with E-state index >= 15 is 0 Å². The average Bonchev–Trinajstić information content (AvgIpc) is 2.67. The minimum atomic E-state index is 0.535. The molecular formula is C12H11Cl2NO.